The van der Waals surface area contributed by atoms with Gasteiger partial charge in [0, 0.05) is 6.54 Å². The summed E-state index contributed by atoms with van der Waals surface area (Å²) >= 11 is 0. The third kappa shape index (κ3) is 4.40. The van der Waals surface area contributed by atoms with Crippen LogP contribution in [0.15, 0.2) is 0 Å². The average molecular weight is 274 g/mol. The van der Waals surface area contributed by atoms with Gasteiger partial charge in [-0.05, 0) is 13.8 Å². The van der Waals surface area contributed by atoms with Crippen molar-refractivity contribution in [2.24, 2.45) is 0 Å². The molecule has 19 heavy (non-hydrogen) atoms. The zero-order valence-electron chi connectivity index (χ0n) is 10.8. The lowest BCUT2D eigenvalue weighted by molar-refractivity contribution is -0.145. The highest BCUT2D eigenvalue weighted by Crippen LogP contribution is 2.11. The molecule has 0 saturated carbocycles. The first-order chi connectivity index (χ1) is 8.81. The summed E-state index contributed by atoms with van der Waals surface area (Å²) in [6, 6.07) is -2.21. The summed E-state index contributed by atoms with van der Waals surface area (Å²) in [6.07, 6.45) is -0.792. The van der Waals surface area contributed by atoms with E-state index in [4.69, 9.17) is 14.9 Å². The minimum Gasteiger partial charge on any atom is -0.481 e. The van der Waals surface area contributed by atoms with Crippen LogP contribution < -0.4 is 5.32 Å². The molecule has 1 rings (SSSR count). The molecule has 8 heteroatoms. The van der Waals surface area contributed by atoms with E-state index in [-0.39, 0.29) is 12.1 Å². The lowest BCUT2D eigenvalue weighted by atomic mass is 10.2. The Morgan fingerprint density at radius 2 is 2.00 bits per heavy atom. The quantitative estimate of drug-likeness (QED) is 0.650. The highest BCUT2D eigenvalue weighted by atomic mass is 16.5. The number of hydrogen-bond donors (Lipinski definition) is 3. The molecular formula is C11H18N2O6. The van der Waals surface area contributed by atoms with Crippen LogP contribution in [-0.2, 0) is 14.3 Å². The molecule has 0 aromatic heterocycles. The Morgan fingerprint density at radius 1 is 1.37 bits per heavy atom. The molecule has 0 radical (unpaired) electrons. The van der Waals surface area contributed by atoms with Gasteiger partial charge in [0.1, 0.15) is 6.04 Å². The average Bonchev–Trinajstić information content (AvgIpc) is 2.30. The van der Waals surface area contributed by atoms with Gasteiger partial charge >= 0.3 is 18.0 Å². The predicted octanol–water partition coefficient (Wildman–Crippen LogP) is -0.267. The molecule has 1 aliphatic heterocycles. The summed E-state index contributed by atoms with van der Waals surface area (Å²) in [5.41, 5.74) is 0. The smallest absolute Gasteiger partial charge is 0.326 e. The van der Waals surface area contributed by atoms with E-state index < -0.39 is 30.4 Å². The molecule has 8 nitrogen and oxygen atoms in total. The number of amides is 2. The molecule has 2 amide bonds. The number of carbonyl (C=O) groups excluding carboxylic acids is 1. The Hall–Kier alpha value is -1.83. The van der Waals surface area contributed by atoms with Gasteiger partial charge in [-0.15, -0.1) is 0 Å². The zero-order chi connectivity index (χ0) is 14.6. The summed E-state index contributed by atoms with van der Waals surface area (Å²) < 4.78 is 5.36. The molecule has 3 atom stereocenters. The number of urea groups is 1. The molecule has 108 valence electrons. The van der Waals surface area contributed by atoms with Gasteiger partial charge < -0.3 is 25.2 Å². The minimum absolute atomic E-state index is 0.135. The lowest BCUT2D eigenvalue weighted by Gasteiger charge is -2.37. The van der Waals surface area contributed by atoms with Crippen molar-refractivity contribution in [1.29, 1.82) is 0 Å². The highest BCUT2D eigenvalue weighted by Gasteiger charge is 2.31. The fourth-order valence-corrected chi connectivity index (χ4v) is 1.79. The summed E-state index contributed by atoms with van der Waals surface area (Å²) in [5.74, 6) is -2.65. The van der Waals surface area contributed by atoms with E-state index in [0.29, 0.717) is 13.2 Å². The van der Waals surface area contributed by atoms with E-state index in [1.807, 2.05) is 0 Å². The van der Waals surface area contributed by atoms with Crippen LogP contribution in [0.3, 0.4) is 0 Å². The monoisotopic (exact) mass is 274 g/mol. The fraction of sp³-hybridized carbons (Fsp3) is 0.727. The van der Waals surface area contributed by atoms with E-state index in [2.05, 4.69) is 5.32 Å². The van der Waals surface area contributed by atoms with Crippen LogP contribution >= 0.6 is 0 Å². The maximum Gasteiger partial charge on any atom is 0.326 e. The molecule has 2 unspecified atom stereocenters. The first kappa shape index (κ1) is 15.2. The Kier molecular flexibility index (Phi) is 5.11. The third-order valence-corrected chi connectivity index (χ3v) is 2.84. The normalized spacial score (nSPS) is 24.6. The maximum absolute atomic E-state index is 12.0. The van der Waals surface area contributed by atoms with Gasteiger partial charge in [0.15, 0.2) is 0 Å². The second kappa shape index (κ2) is 6.37. The Morgan fingerprint density at radius 3 is 2.53 bits per heavy atom. The number of carboxylic acids is 2. The number of carbonyl (C=O) groups is 3. The molecule has 0 aromatic rings. The van der Waals surface area contributed by atoms with Crippen molar-refractivity contribution >= 4 is 18.0 Å². The van der Waals surface area contributed by atoms with Crippen LogP contribution in [0, 0.1) is 0 Å². The summed E-state index contributed by atoms with van der Waals surface area (Å²) in [7, 11) is 0. The van der Waals surface area contributed by atoms with Crippen LogP contribution in [0.5, 0.6) is 0 Å². The van der Waals surface area contributed by atoms with Crippen LogP contribution in [0.1, 0.15) is 20.3 Å². The number of aliphatic carboxylic acids is 2. The van der Waals surface area contributed by atoms with Gasteiger partial charge in [-0.3, -0.25) is 4.79 Å². The molecule has 1 fully saturated rings. The summed E-state index contributed by atoms with van der Waals surface area (Å²) in [4.78, 5) is 34.8. The predicted molar refractivity (Wildman–Crippen MR) is 63.8 cm³/mol. The Labute approximate surface area is 110 Å². The van der Waals surface area contributed by atoms with Gasteiger partial charge in [-0.25, -0.2) is 9.59 Å². The molecule has 3 N–H and O–H groups in total. The molecular weight excluding hydrogens is 256 g/mol. The van der Waals surface area contributed by atoms with Gasteiger partial charge in [-0.2, -0.15) is 0 Å². The van der Waals surface area contributed by atoms with Gasteiger partial charge in [-0.1, -0.05) is 0 Å². The molecule has 0 aromatic carbocycles. The van der Waals surface area contributed by atoms with Crippen molar-refractivity contribution in [3.8, 4) is 0 Å². The van der Waals surface area contributed by atoms with E-state index in [1.165, 1.54) is 4.90 Å². The van der Waals surface area contributed by atoms with Gasteiger partial charge in [0.2, 0.25) is 0 Å². The van der Waals surface area contributed by atoms with Crippen molar-refractivity contribution in [3.05, 3.63) is 0 Å². The summed E-state index contributed by atoms with van der Waals surface area (Å²) in [6.45, 7) is 4.29. The lowest BCUT2D eigenvalue weighted by Crippen LogP contribution is -2.56. The van der Waals surface area contributed by atoms with Gasteiger partial charge in [0.25, 0.3) is 0 Å². The minimum atomic E-state index is -1.43. The largest absolute Gasteiger partial charge is 0.481 e. The first-order valence-electron chi connectivity index (χ1n) is 5.94. The first-order valence-corrected chi connectivity index (χ1v) is 5.94. The van der Waals surface area contributed by atoms with Crippen LogP contribution in [0.4, 0.5) is 4.79 Å². The SMILES string of the molecule is CC1CN(C(=O)N[C@@H](CC(=O)O)C(=O)O)C(C)CO1. The maximum atomic E-state index is 12.0. The molecule has 0 spiro atoms. The Balaban J connectivity index is 2.65. The number of nitrogens with one attached hydrogen (secondary N) is 1. The van der Waals surface area contributed by atoms with Crippen molar-refractivity contribution < 1.29 is 29.3 Å². The second-order valence-corrected chi connectivity index (χ2v) is 4.58. The molecule has 1 aliphatic rings. The molecule has 0 bridgehead atoms. The fourth-order valence-electron chi connectivity index (χ4n) is 1.79. The third-order valence-electron chi connectivity index (χ3n) is 2.84. The second-order valence-electron chi connectivity index (χ2n) is 4.58. The number of nitrogens with zero attached hydrogens (tertiary/aromatic N) is 1. The Bertz CT molecular complexity index is 372. The van der Waals surface area contributed by atoms with E-state index in [1.54, 1.807) is 13.8 Å². The zero-order valence-corrected chi connectivity index (χ0v) is 10.8. The summed E-state index contributed by atoms with van der Waals surface area (Å²) in [5, 5.41) is 19.7. The number of morpholine rings is 1. The van der Waals surface area contributed by atoms with Crippen LogP contribution in [-0.4, -0.2) is 64.4 Å². The standard InChI is InChI=1S/C11H18N2O6/c1-6-5-19-7(2)4-13(6)11(18)12-8(10(16)17)3-9(14)15/h6-8H,3-5H2,1-2H3,(H,12,18)(H,14,15)(H,16,17)/t6?,7?,8-/m0/s1. The van der Waals surface area contributed by atoms with E-state index in [0.717, 1.165) is 0 Å². The number of ether oxygens (including phenoxy) is 1. The van der Waals surface area contributed by atoms with Crippen LogP contribution in [0.25, 0.3) is 0 Å². The highest BCUT2D eigenvalue weighted by molar-refractivity contribution is 5.86. The topological polar surface area (TPSA) is 116 Å². The van der Waals surface area contributed by atoms with E-state index in [9.17, 15) is 14.4 Å². The molecule has 1 saturated heterocycles. The molecule has 0 aliphatic carbocycles. The van der Waals surface area contributed by atoms with Crippen LogP contribution in [0.2, 0.25) is 0 Å². The number of carboxylic acid groups (broad SMARTS) is 2. The van der Waals surface area contributed by atoms with Gasteiger partial charge in [0.05, 0.1) is 25.2 Å². The van der Waals surface area contributed by atoms with Crippen molar-refractivity contribution in [1.82, 2.24) is 10.2 Å². The number of hydrogen-bond acceptors (Lipinski definition) is 4. The number of rotatable bonds is 4. The molecule has 1 heterocycles. The van der Waals surface area contributed by atoms with Crippen molar-refractivity contribution in [2.45, 2.75) is 38.5 Å². The van der Waals surface area contributed by atoms with Crippen molar-refractivity contribution in [2.75, 3.05) is 13.2 Å². The van der Waals surface area contributed by atoms with E-state index >= 15 is 0 Å². The van der Waals surface area contributed by atoms with Crippen molar-refractivity contribution in [3.63, 3.8) is 0 Å².